The molecule has 162 valence electrons. The van der Waals surface area contributed by atoms with Crippen molar-refractivity contribution in [2.75, 3.05) is 25.0 Å². The number of benzene rings is 1. The highest BCUT2D eigenvalue weighted by Crippen LogP contribution is 2.37. The van der Waals surface area contributed by atoms with Gasteiger partial charge in [0.25, 0.3) is 0 Å². The average Bonchev–Trinajstić information content (AvgIpc) is 2.66. The maximum atomic E-state index is 12.2. The first-order chi connectivity index (χ1) is 14.2. The molecule has 0 aliphatic carbocycles. The molecule has 3 rings (SSSR count). The van der Waals surface area contributed by atoms with E-state index in [4.69, 9.17) is 16.3 Å². The lowest BCUT2D eigenvalue weighted by Gasteiger charge is -2.33. The van der Waals surface area contributed by atoms with Crippen LogP contribution in [0.25, 0.3) is 10.9 Å². The lowest BCUT2D eigenvalue weighted by Crippen LogP contribution is -2.41. The fraction of sp³-hybridized carbons (Fsp3) is 0.524. The van der Waals surface area contributed by atoms with E-state index >= 15 is 0 Å². The Bertz CT molecular complexity index is 936. The number of hydrogen-bond donors (Lipinski definition) is 1. The zero-order valence-corrected chi connectivity index (χ0v) is 18.2. The number of para-hydroxylation sites is 1. The zero-order chi connectivity index (χ0) is 21.9. The van der Waals surface area contributed by atoms with E-state index in [9.17, 15) is 14.9 Å². The Balaban J connectivity index is 1.60. The van der Waals surface area contributed by atoms with Gasteiger partial charge in [-0.15, -0.1) is 0 Å². The number of fused-ring (bicyclic) bond motifs is 1. The number of anilines is 1. The summed E-state index contributed by atoms with van der Waals surface area (Å²) in [6.07, 6.45) is 2.32. The van der Waals surface area contributed by atoms with Gasteiger partial charge in [-0.25, -0.2) is 9.78 Å². The predicted molar refractivity (Wildman–Crippen MR) is 117 cm³/mol. The first-order valence-corrected chi connectivity index (χ1v) is 10.5. The third-order valence-electron chi connectivity index (χ3n) is 5.13. The Kier molecular flexibility index (Phi) is 6.65. The van der Waals surface area contributed by atoms with Crippen LogP contribution in [0.4, 0.5) is 16.2 Å². The SMILES string of the molecule is CC(C)(C)OC(=O)N1CCC(CCNc2c([N+](=O)[O-])c(Cl)nc3ccccc23)CC1. The molecule has 8 nitrogen and oxygen atoms in total. The molecule has 1 aliphatic heterocycles. The van der Waals surface area contributed by atoms with Crippen LogP contribution in [0.1, 0.15) is 40.0 Å². The number of nitrogens with zero attached hydrogens (tertiary/aromatic N) is 3. The third-order valence-corrected chi connectivity index (χ3v) is 5.39. The van der Waals surface area contributed by atoms with Crippen LogP contribution >= 0.6 is 11.6 Å². The maximum absolute atomic E-state index is 12.2. The van der Waals surface area contributed by atoms with Gasteiger partial charge in [0.05, 0.1) is 10.4 Å². The number of piperidine rings is 1. The zero-order valence-electron chi connectivity index (χ0n) is 17.5. The molecule has 1 aromatic heterocycles. The molecule has 1 aromatic carbocycles. The van der Waals surface area contributed by atoms with Gasteiger partial charge in [0.1, 0.15) is 11.3 Å². The molecule has 30 heavy (non-hydrogen) atoms. The third kappa shape index (κ3) is 5.30. The molecule has 2 aromatic rings. The van der Waals surface area contributed by atoms with Gasteiger partial charge in [-0.3, -0.25) is 10.1 Å². The molecule has 0 saturated carbocycles. The number of nitrogens with one attached hydrogen (secondary N) is 1. The van der Waals surface area contributed by atoms with Gasteiger partial charge in [0.2, 0.25) is 5.15 Å². The number of amides is 1. The van der Waals surface area contributed by atoms with Crippen molar-refractivity contribution in [3.8, 4) is 0 Å². The van der Waals surface area contributed by atoms with E-state index in [1.807, 2.05) is 32.9 Å². The van der Waals surface area contributed by atoms with Gasteiger partial charge in [0, 0.05) is 25.0 Å². The molecule has 1 amide bonds. The smallest absolute Gasteiger partial charge is 0.410 e. The van der Waals surface area contributed by atoms with Gasteiger partial charge < -0.3 is 15.0 Å². The number of rotatable bonds is 5. The minimum atomic E-state index is -0.499. The van der Waals surface area contributed by atoms with Crippen LogP contribution in [-0.4, -0.2) is 46.1 Å². The Morgan fingerprint density at radius 2 is 2.00 bits per heavy atom. The molecule has 9 heteroatoms. The molecule has 0 radical (unpaired) electrons. The summed E-state index contributed by atoms with van der Waals surface area (Å²) < 4.78 is 5.43. The Labute approximate surface area is 180 Å². The largest absolute Gasteiger partial charge is 0.444 e. The standard InChI is InChI=1S/C21H27ClN4O4/c1-21(2,3)30-20(27)25-12-9-14(10-13-25)8-11-23-17-15-6-4-5-7-16(15)24-19(22)18(17)26(28)29/h4-7,14H,8-13H2,1-3H3,(H,23,24). The average molecular weight is 435 g/mol. The lowest BCUT2D eigenvalue weighted by atomic mass is 9.93. The molecular formula is C21H27ClN4O4. The lowest BCUT2D eigenvalue weighted by molar-refractivity contribution is -0.384. The van der Waals surface area contributed by atoms with Crippen LogP contribution in [0.5, 0.6) is 0 Å². The molecule has 0 unspecified atom stereocenters. The van der Waals surface area contributed by atoms with E-state index in [0.29, 0.717) is 42.1 Å². The minimum Gasteiger partial charge on any atom is -0.444 e. The van der Waals surface area contributed by atoms with Crippen LogP contribution < -0.4 is 5.32 Å². The summed E-state index contributed by atoms with van der Waals surface area (Å²) in [6, 6.07) is 7.22. The van der Waals surface area contributed by atoms with Crippen LogP contribution in [0, 0.1) is 16.0 Å². The summed E-state index contributed by atoms with van der Waals surface area (Å²) in [5, 5.41) is 15.3. The van der Waals surface area contributed by atoms with Crippen molar-refractivity contribution in [2.24, 2.45) is 5.92 Å². The van der Waals surface area contributed by atoms with Crippen molar-refractivity contribution in [2.45, 2.75) is 45.6 Å². The number of halogens is 1. The van der Waals surface area contributed by atoms with E-state index in [-0.39, 0.29) is 16.9 Å². The Morgan fingerprint density at radius 1 is 1.33 bits per heavy atom. The van der Waals surface area contributed by atoms with Crippen molar-refractivity contribution < 1.29 is 14.5 Å². The van der Waals surface area contributed by atoms with Crippen LogP contribution in [0.3, 0.4) is 0 Å². The number of pyridine rings is 1. The number of nitro groups is 1. The predicted octanol–water partition coefficient (Wildman–Crippen LogP) is 5.25. The van der Waals surface area contributed by atoms with Crippen molar-refractivity contribution in [3.05, 3.63) is 39.5 Å². The van der Waals surface area contributed by atoms with Crippen molar-refractivity contribution in [1.82, 2.24) is 9.88 Å². The summed E-state index contributed by atoms with van der Waals surface area (Å²) in [5.74, 6) is 0.429. The molecule has 1 saturated heterocycles. The van der Waals surface area contributed by atoms with E-state index in [1.165, 1.54) is 0 Å². The monoisotopic (exact) mass is 434 g/mol. The number of ether oxygens (including phenoxy) is 1. The van der Waals surface area contributed by atoms with Crippen molar-refractivity contribution in [3.63, 3.8) is 0 Å². The molecule has 2 heterocycles. The van der Waals surface area contributed by atoms with Crippen LogP contribution in [0.2, 0.25) is 5.15 Å². The Hall–Kier alpha value is -2.61. The number of hydrogen-bond acceptors (Lipinski definition) is 6. The fourth-order valence-corrected chi connectivity index (χ4v) is 3.90. The van der Waals surface area contributed by atoms with E-state index < -0.39 is 10.5 Å². The minimum absolute atomic E-state index is 0.119. The molecular weight excluding hydrogens is 408 g/mol. The topological polar surface area (TPSA) is 97.6 Å². The van der Waals surface area contributed by atoms with Crippen molar-refractivity contribution in [1.29, 1.82) is 0 Å². The summed E-state index contributed by atoms with van der Waals surface area (Å²) >= 11 is 6.08. The first-order valence-electron chi connectivity index (χ1n) is 10.1. The molecule has 0 bridgehead atoms. The second kappa shape index (κ2) is 9.04. The van der Waals surface area contributed by atoms with Gasteiger partial charge in [0.15, 0.2) is 0 Å². The normalized spacial score (nSPS) is 15.3. The number of carbonyl (C=O) groups is 1. The van der Waals surface area contributed by atoms with Gasteiger partial charge >= 0.3 is 11.8 Å². The van der Waals surface area contributed by atoms with E-state index in [1.54, 1.807) is 17.0 Å². The molecule has 1 N–H and O–H groups in total. The second-order valence-electron chi connectivity index (χ2n) is 8.53. The van der Waals surface area contributed by atoms with Crippen LogP contribution in [0.15, 0.2) is 24.3 Å². The molecule has 0 atom stereocenters. The fourth-order valence-electron chi connectivity index (χ4n) is 3.65. The van der Waals surface area contributed by atoms with Crippen LogP contribution in [-0.2, 0) is 4.74 Å². The van der Waals surface area contributed by atoms with Gasteiger partial charge in [-0.05, 0) is 52.0 Å². The number of aromatic nitrogens is 1. The summed E-state index contributed by atoms with van der Waals surface area (Å²) in [4.78, 5) is 29.1. The van der Waals surface area contributed by atoms with Crippen molar-refractivity contribution >= 4 is 40.0 Å². The Morgan fingerprint density at radius 3 is 2.63 bits per heavy atom. The van der Waals surface area contributed by atoms with E-state index in [2.05, 4.69) is 10.3 Å². The number of carbonyl (C=O) groups excluding carboxylic acids is 1. The highest BCUT2D eigenvalue weighted by atomic mass is 35.5. The molecule has 0 spiro atoms. The summed E-state index contributed by atoms with van der Waals surface area (Å²) in [6.45, 7) is 7.46. The summed E-state index contributed by atoms with van der Waals surface area (Å²) in [5.41, 5.74) is 0.319. The molecule has 1 aliphatic rings. The number of likely N-dealkylation sites (tertiary alicyclic amines) is 1. The first kappa shape index (κ1) is 22.1. The second-order valence-corrected chi connectivity index (χ2v) is 8.88. The highest BCUT2D eigenvalue weighted by molar-refractivity contribution is 6.33. The quantitative estimate of drug-likeness (QED) is 0.392. The molecule has 1 fully saturated rings. The maximum Gasteiger partial charge on any atom is 0.410 e. The van der Waals surface area contributed by atoms with E-state index in [0.717, 1.165) is 19.3 Å². The van der Waals surface area contributed by atoms with Gasteiger partial charge in [-0.2, -0.15) is 0 Å². The van der Waals surface area contributed by atoms with Gasteiger partial charge in [-0.1, -0.05) is 29.8 Å². The summed E-state index contributed by atoms with van der Waals surface area (Å²) in [7, 11) is 0. The highest BCUT2D eigenvalue weighted by Gasteiger charge is 2.27.